The topological polar surface area (TPSA) is 92.3 Å². The van der Waals surface area contributed by atoms with Crippen LogP contribution in [0.2, 0.25) is 0 Å². The molecule has 0 atom stereocenters. The van der Waals surface area contributed by atoms with Crippen molar-refractivity contribution in [3.8, 4) is 0 Å². The number of hydrogen-bond acceptors (Lipinski definition) is 6. The summed E-state index contributed by atoms with van der Waals surface area (Å²) in [5.41, 5.74) is 2.14. The minimum atomic E-state index is -3.56. The fraction of sp³-hybridized carbons (Fsp3) is 0.211. The molecule has 0 saturated carbocycles. The fourth-order valence-electron chi connectivity index (χ4n) is 2.95. The zero-order valence-corrected chi connectivity index (χ0v) is 16.8. The second-order valence-electron chi connectivity index (χ2n) is 6.46. The van der Waals surface area contributed by atoms with Gasteiger partial charge in [-0.05, 0) is 31.2 Å². The van der Waals surface area contributed by atoms with Crippen molar-refractivity contribution in [2.75, 3.05) is 11.9 Å². The number of pyridine rings is 1. The molecule has 9 heteroatoms. The summed E-state index contributed by atoms with van der Waals surface area (Å²) >= 11 is 1.30. The van der Waals surface area contributed by atoms with Gasteiger partial charge < -0.3 is 0 Å². The van der Waals surface area contributed by atoms with E-state index in [-0.39, 0.29) is 17.3 Å². The maximum absolute atomic E-state index is 12.9. The van der Waals surface area contributed by atoms with Gasteiger partial charge >= 0.3 is 0 Å². The van der Waals surface area contributed by atoms with Gasteiger partial charge in [0.1, 0.15) is 5.69 Å². The van der Waals surface area contributed by atoms with E-state index in [1.165, 1.54) is 15.6 Å². The van der Waals surface area contributed by atoms with Crippen LogP contribution in [0.15, 0.2) is 53.6 Å². The molecular weight excluding hydrogens is 396 g/mol. The summed E-state index contributed by atoms with van der Waals surface area (Å²) in [5, 5.41) is 3.20. The number of nitrogens with one attached hydrogen (secondary N) is 1. The molecule has 1 aliphatic rings. The maximum atomic E-state index is 12.9. The van der Waals surface area contributed by atoms with E-state index in [4.69, 9.17) is 0 Å². The SMILES string of the molecule is Cc1ccc(S(=O)(=O)N2CCc3nc(NC(=O)c4ccccn4)sc3C2)cc1. The molecule has 0 saturated heterocycles. The molecule has 2 aromatic heterocycles. The minimum Gasteiger partial charge on any atom is -0.296 e. The first-order chi connectivity index (χ1) is 13.4. The van der Waals surface area contributed by atoms with Crippen LogP contribution >= 0.6 is 11.3 Å². The number of carbonyl (C=O) groups excluding carboxylic acids is 1. The predicted molar refractivity (Wildman–Crippen MR) is 107 cm³/mol. The van der Waals surface area contributed by atoms with Crippen LogP contribution in [0.1, 0.15) is 26.6 Å². The summed E-state index contributed by atoms with van der Waals surface area (Å²) in [6.45, 7) is 2.53. The third kappa shape index (κ3) is 3.68. The number of hydrogen-bond donors (Lipinski definition) is 1. The lowest BCUT2D eigenvalue weighted by Crippen LogP contribution is -2.35. The first-order valence-electron chi connectivity index (χ1n) is 8.71. The van der Waals surface area contributed by atoms with Crippen molar-refractivity contribution in [3.63, 3.8) is 0 Å². The second-order valence-corrected chi connectivity index (χ2v) is 9.48. The number of fused-ring (bicyclic) bond motifs is 1. The predicted octanol–water partition coefficient (Wildman–Crippen LogP) is 2.85. The lowest BCUT2D eigenvalue weighted by Gasteiger charge is -2.25. The highest BCUT2D eigenvalue weighted by Crippen LogP contribution is 2.31. The van der Waals surface area contributed by atoms with Crippen molar-refractivity contribution < 1.29 is 13.2 Å². The van der Waals surface area contributed by atoms with Crippen LogP contribution in [-0.2, 0) is 23.0 Å². The number of thiazole rings is 1. The second kappa shape index (κ2) is 7.42. The molecule has 1 amide bonds. The molecular formula is C19H18N4O3S2. The average molecular weight is 415 g/mol. The van der Waals surface area contributed by atoms with Crippen molar-refractivity contribution in [1.29, 1.82) is 0 Å². The number of carbonyl (C=O) groups is 1. The molecule has 0 unspecified atom stereocenters. The van der Waals surface area contributed by atoms with Crippen LogP contribution in [0.25, 0.3) is 0 Å². The Balaban J connectivity index is 1.52. The number of benzene rings is 1. The van der Waals surface area contributed by atoms with Crippen LogP contribution < -0.4 is 5.32 Å². The van der Waals surface area contributed by atoms with Gasteiger partial charge in [-0.1, -0.05) is 23.8 Å². The molecule has 7 nitrogen and oxygen atoms in total. The van der Waals surface area contributed by atoms with Gasteiger partial charge in [0, 0.05) is 24.0 Å². The largest absolute Gasteiger partial charge is 0.296 e. The highest BCUT2D eigenvalue weighted by molar-refractivity contribution is 7.89. The normalized spacial score (nSPS) is 14.5. The third-order valence-corrected chi connectivity index (χ3v) is 7.33. The smallest absolute Gasteiger partial charge is 0.276 e. The van der Waals surface area contributed by atoms with Crippen molar-refractivity contribution >= 4 is 32.4 Å². The molecule has 1 aliphatic heterocycles. The van der Waals surface area contributed by atoms with Crippen LogP contribution in [0.3, 0.4) is 0 Å². The highest BCUT2D eigenvalue weighted by atomic mass is 32.2. The van der Waals surface area contributed by atoms with Gasteiger partial charge in [0.05, 0.1) is 17.1 Å². The van der Waals surface area contributed by atoms with Crippen molar-refractivity contribution in [2.24, 2.45) is 0 Å². The number of nitrogens with zero attached hydrogens (tertiary/aromatic N) is 3. The Bertz CT molecular complexity index is 1110. The van der Waals surface area contributed by atoms with E-state index >= 15 is 0 Å². The molecule has 0 fully saturated rings. The highest BCUT2D eigenvalue weighted by Gasteiger charge is 2.30. The molecule has 0 spiro atoms. The summed E-state index contributed by atoms with van der Waals surface area (Å²) < 4.78 is 27.3. The van der Waals surface area contributed by atoms with Crippen molar-refractivity contribution in [3.05, 3.63) is 70.5 Å². The fourth-order valence-corrected chi connectivity index (χ4v) is 5.46. The summed E-state index contributed by atoms with van der Waals surface area (Å²) in [6, 6.07) is 11.9. The maximum Gasteiger partial charge on any atom is 0.276 e. The molecule has 4 rings (SSSR count). The monoisotopic (exact) mass is 414 g/mol. The van der Waals surface area contributed by atoms with Crippen LogP contribution in [0, 0.1) is 6.92 Å². The first kappa shape index (κ1) is 18.7. The summed E-state index contributed by atoms with van der Waals surface area (Å²) in [6.07, 6.45) is 2.06. The van der Waals surface area contributed by atoms with Gasteiger partial charge in [-0.2, -0.15) is 4.31 Å². The van der Waals surface area contributed by atoms with Crippen molar-refractivity contribution in [2.45, 2.75) is 24.8 Å². The summed E-state index contributed by atoms with van der Waals surface area (Å²) in [4.78, 5) is 21.9. The first-order valence-corrected chi connectivity index (χ1v) is 11.0. The molecule has 28 heavy (non-hydrogen) atoms. The van der Waals surface area contributed by atoms with Gasteiger partial charge in [-0.25, -0.2) is 13.4 Å². The Morgan fingerprint density at radius 1 is 1.18 bits per heavy atom. The average Bonchev–Trinajstić information content (AvgIpc) is 3.10. The lowest BCUT2D eigenvalue weighted by molar-refractivity contribution is 0.102. The van der Waals surface area contributed by atoms with E-state index in [0.717, 1.165) is 16.1 Å². The van der Waals surface area contributed by atoms with Gasteiger partial charge in [0.25, 0.3) is 5.91 Å². The van der Waals surface area contributed by atoms with E-state index in [2.05, 4.69) is 15.3 Å². The Morgan fingerprint density at radius 2 is 1.96 bits per heavy atom. The molecule has 3 aromatic rings. The van der Waals surface area contributed by atoms with E-state index < -0.39 is 10.0 Å². The van der Waals surface area contributed by atoms with Gasteiger partial charge in [0.2, 0.25) is 10.0 Å². The molecule has 1 aromatic carbocycles. The lowest BCUT2D eigenvalue weighted by atomic mass is 10.2. The van der Waals surface area contributed by atoms with E-state index in [1.54, 1.807) is 48.7 Å². The Morgan fingerprint density at radius 3 is 2.68 bits per heavy atom. The van der Waals surface area contributed by atoms with E-state index in [0.29, 0.717) is 23.8 Å². The van der Waals surface area contributed by atoms with Gasteiger partial charge in [-0.3, -0.25) is 15.1 Å². The van der Waals surface area contributed by atoms with Crippen LogP contribution in [0.5, 0.6) is 0 Å². The summed E-state index contributed by atoms with van der Waals surface area (Å²) in [7, 11) is -3.56. The third-order valence-electron chi connectivity index (χ3n) is 4.47. The minimum absolute atomic E-state index is 0.253. The van der Waals surface area contributed by atoms with Crippen LogP contribution in [0.4, 0.5) is 5.13 Å². The van der Waals surface area contributed by atoms with Crippen molar-refractivity contribution in [1.82, 2.24) is 14.3 Å². The number of rotatable bonds is 4. The Hall–Kier alpha value is -2.62. The van der Waals surface area contributed by atoms with E-state index in [1.807, 2.05) is 6.92 Å². The molecule has 3 heterocycles. The molecule has 144 valence electrons. The number of aryl methyl sites for hydroxylation is 1. The number of amides is 1. The number of aromatic nitrogens is 2. The van der Waals surface area contributed by atoms with Crippen LogP contribution in [-0.4, -0.2) is 35.1 Å². The molecule has 0 bridgehead atoms. The summed E-state index contributed by atoms with van der Waals surface area (Å²) in [5.74, 6) is -0.337. The Kier molecular flexibility index (Phi) is 4.96. The van der Waals surface area contributed by atoms with Gasteiger partial charge in [-0.15, -0.1) is 11.3 Å². The molecule has 0 radical (unpaired) electrons. The zero-order valence-electron chi connectivity index (χ0n) is 15.1. The standard InChI is InChI=1S/C19H18N4O3S2/c1-13-5-7-14(8-6-13)28(25,26)23-11-9-15-17(12-23)27-19(21-15)22-18(24)16-4-2-3-10-20-16/h2-8,10H,9,11-12H2,1H3,(H,21,22,24). The molecule has 1 N–H and O–H groups in total. The number of anilines is 1. The Labute approximate surface area is 167 Å². The van der Waals surface area contributed by atoms with E-state index in [9.17, 15) is 13.2 Å². The zero-order chi connectivity index (χ0) is 19.7. The number of sulfonamides is 1. The van der Waals surface area contributed by atoms with Gasteiger partial charge in [0.15, 0.2) is 5.13 Å². The molecule has 0 aliphatic carbocycles. The quantitative estimate of drug-likeness (QED) is 0.709.